The van der Waals surface area contributed by atoms with Crippen LogP contribution in [0.3, 0.4) is 0 Å². The highest BCUT2D eigenvalue weighted by molar-refractivity contribution is 5.85. The predicted molar refractivity (Wildman–Crippen MR) is 56.3 cm³/mol. The van der Waals surface area contributed by atoms with Gasteiger partial charge in [0.1, 0.15) is 0 Å². The Bertz CT molecular complexity index is 129. The van der Waals surface area contributed by atoms with Crippen LogP contribution in [0.4, 0.5) is 0 Å². The lowest BCUT2D eigenvalue weighted by Gasteiger charge is -2.34. The SMILES string of the molecule is CN1C2CCC1CC(N)C2.Cl.Cl. The van der Waals surface area contributed by atoms with E-state index >= 15 is 0 Å². The highest BCUT2D eigenvalue weighted by Gasteiger charge is 2.36. The van der Waals surface area contributed by atoms with E-state index in [4.69, 9.17) is 5.73 Å². The van der Waals surface area contributed by atoms with E-state index in [9.17, 15) is 0 Å². The molecule has 0 spiro atoms. The molecule has 2 atom stereocenters. The number of rotatable bonds is 0. The van der Waals surface area contributed by atoms with Crippen molar-refractivity contribution in [2.75, 3.05) is 7.05 Å². The quantitative estimate of drug-likeness (QED) is 0.659. The van der Waals surface area contributed by atoms with Gasteiger partial charge in [-0.3, -0.25) is 0 Å². The van der Waals surface area contributed by atoms with Gasteiger partial charge < -0.3 is 10.6 Å². The van der Waals surface area contributed by atoms with Crippen molar-refractivity contribution in [3.05, 3.63) is 0 Å². The third-order valence-corrected chi connectivity index (χ3v) is 3.13. The van der Waals surface area contributed by atoms with Crippen LogP contribution in [0.2, 0.25) is 0 Å². The molecule has 2 heterocycles. The summed E-state index contributed by atoms with van der Waals surface area (Å²) in [4.78, 5) is 2.52. The average molecular weight is 213 g/mol. The number of hydrogen-bond acceptors (Lipinski definition) is 2. The lowest BCUT2D eigenvalue weighted by atomic mass is 9.99. The zero-order chi connectivity index (χ0) is 7.14. The van der Waals surface area contributed by atoms with Crippen LogP contribution in [-0.2, 0) is 0 Å². The van der Waals surface area contributed by atoms with Gasteiger partial charge >= 0.3 is 0 Å². The summed E-state index contributed by atoms with van der Waals surface area (Å²) in [6.07, 6.45) is 5.23. The van der Waals surface area contributed by atoms with E-state index in [1.54, 1.807) is 0 Å². The average Bonchev–Trinajstić information content (AvgIpc) is 2.20. The number of hydrogen-bond donors (Lipinski definition) is 1. The molecule has 0 saturated carbocycles. The summed E-state index contributed by atoms with van der Waals surface area (Å²) >= 11 is 0. The van der Waals surface area contributed by atoms with E-state index in [0.29, 0.717) is 6.04 Å². The van der Waals surface area contributed by atoms with E-state index in [0.717, 1.165) is 12.1 Å². The van der Waals surface area contributed by atoms with Crippen molar-refractivity contribution < 1.29 is 0 Å². The Kier molecular flexibility index (Phi) is 4.85. The summed E-state index contributed by atoms with van der Waals surface area (Å²) in [7, 11) is 2.24. The summed E-state index contributed by atoms with van der Waals surface area (Å²) in [5, 5.41) is 0. The van der Waals surface area contributed by atoms with Gasteiger partial charge in [-0.05, 0) is 32.7 Å². The van der Waals surface area contributed by atoms with Gasteiger partial charge in [0.15, 0.2) is 0 Å². The molecule has 74 valence electrons. The molecule has 2 fully saturated rings. The van der Waals surface area contributed by atoms with E-state index in [1.807, 2.05) is 0 Å². The number of nitrogens with two attached hydrogens (primary N) is 1. The zero-order valence-corrected chi connectivity index (χ0v) is 9.03. The number of halogens is 2. The highest BCUT2D eigenvalue weighted by atomic mass is 35.5. The van der Waals surface area contributed by atoms with Gasteiger partial charge in [0.05, 0.1) is 0 Å². The van der Waals surface area contributed by atoms with Crippen LogP contribution in [0.5, 0.6) is 0 Å². The maximum absolute atomic E-state index is 5.89. The van der Waals surface area contributed by atoms with Gasteiger partial charge in [-0.2, -0.15) is 0 Å². The minimum Gasteiger partial charge on any atom is -0.328 e. The molecule has 0 amide bonds. The first-order chi connectivity index (χ1) is 4.77. The van der Waals surface area contributed by atoms with Crippen molar-refractivity contribution in [1.82, 2.24) is 4.90 Å². The Morgan fingerprint density at radius 3 is 1.92 bits per heavy atom. The standard InChI is InChI=1S/C8H16N2.2ClH/c1-10-7-2-3-8(10)5-6(9)4-7;;/h6-8H,2-5,9H2,1H3;2*1H. The molecule has 2 N–H and O–H groups in total. The fourth-order valence-electron chi connectivity index (χ4n) is 2.45. The molecule has 2 aliphatic heterocycles. The molecule has 0 aromatic rings. The van der Waals surface area contributed by atoms with Gasteiger partial charge in [-0.25, -0.2) is 0 Å². The van der Waals surface area contributed by atoms with Crippen molar-refractivity contribution in [3.8, 4) is 0 Å². The van der Waals surface area contributed by atoms with Gasteiger partial charge in [0, 0.05) is 18.1 Å². The Hall–Kier alpha value is 0.500. The van der Waals surface area contributed by atoms with Crippen LogP contribution in [0.25, 0.3) is 0 Å². The molecule has 0 radical (unpaired) electrons. The molecule has 0 aromatic carbocycles. The van der Waals surface area contributed by atoms with Gasteiger partial charge in [-0.1, -0.05) is 0 Å². The Labute approximate surface area is 86.7 Å². The largest absolute Gasteiger partial charge is 0.328 e. The lowest BCUT2D eigenvalue weighted by molar-refractivity contribution is 0.163. The van der Waals surface area contributed by atoms with Gasteiger partial charge in [0.25, 0.3) is 0 Å². The number of nitrogens with zero attached hydrogens (tertiary/aromatic N) is 1. The van der Waals surface area contributed by atoms with Crippen LogP contribution in [-0.4, -0.2) is 30.1 Å². The smallest absolute Gasteiger partial charge is 0.0110 e. The third kappa shape index (κ3) is 2.05. The van der Waals surface area contributed by atoms with E-state index in [1.165, 1.54) is 25.7 Å². The summed E-state index contributed by atoms with van der Waals surface area (Å²) in [5.41, 5.74) is 5.89. The summed E-state index contributed by atoms with van der Waals surface area (Å²) in [6, 6.07) is 2.12. The molecule has 2 saturated heterocycles. The molecule has 4 heteroatoms. The summed E-state index contributed by atoms with van der Waals surface area (Å²) < 4.78 is 0. The van der Waals surface area contributed by atoms with E-state index in [-0.39, 0.29) is 24.8 Å². The van der Waals surface area contributed by atoms with Crippen LogP contribution in [0.1, 0.15) is 25.7 Å². The van der Waals surface area contributed by atoms with Gasteiger partial charge in [-0.15, -0.1) is 24.8 Å². The Balaban J connectivity index is 0.000000605. The maximum Gasteiger partial charge on any atom is 0.0110 e. The second-order valence-electron chi connectivity index (χ2n) is 3.78. The Morgan fingerprint density at radius 2 is 1.50 bits per heavy atom. The minimum absolute atomic E-state index is 0. The number of piperidine rings is 1. The highest BCUT2D eigenvalue weighted by Crippen LogP contribution is 2.33. The molecule has 2 nitrogen and oxygen atoms in total. The zero-order valence-electron chi connectivity index (χ0n) is 7.40. The Morgan fingerprint density at radius 1 is 1.08 bits per heavy atom. The first-order valence-electron chi connectivity index (χ1n) is 4.25. The van der Waals surface area contributed by atoms with Crippen molar-refractivity contribution in [3.63, 3.8) is 0 Å². The molecule has 2 bridgehead atoms. The van der Waals surface area contributed by atoms with E-state index < -0.39 is 0 Å². The molecule has 0 aliphatic carbocycles. The van der Waals surface area contributed by atoms with Crippen molar-refractivity contribution in [2.24, 2.45) is 5.73 Å². The fraction of sp³-hybridized carbons (Fsp3) is 1.00. The third-order valence-electron chi connectivity index (χ3n) is 3.13. The van der Waals surface area contributed by atoms with Crippen LogP contribution < -0.4 is 5.73 Å². The van der Waals surface area contributed by atoms with Crippen LogP contribution in [0.15, 0.2) is 0 Å². The summed E-state index contributed by atoms with van der Waals surface area (Å²) in [5.74, 6) is 0. The fourth-order valence-corrected chi connectivity index (χ4v) is 2.45. The van der Waals surface area contributed by atoms with Gasteiger partial charge in [0.2, 0.25) is 0 Å². The second kappa shape index (κ2) is 4.66. The van der Waals surface area contributed by atoms with E-state index in [2.05, 4.69) is 11.9 Å². The predicted octanol–water partition coefficient (Wildman–Crippen LogP) is 1.41. The molecular weight excluding hydrogens is 195 g/mol. The first kappa shape index (κ1) is 12.5. The summed E-state index contributed by atoms with van der Waals surface area (Å²) in [6.45, 7) is 0. The minimum atomic E-state index is 0. The second-order valence-corrected chi connectivity index (χ2v) is 3.78. The number of fused-ring (bicyclic) bond motifs is 2. The van der Waals surface area contributed by atoms with Crippen LogP contribution in [0, 0.1) is 0 Å². The van der Waals surface area contributed by atoms with Crippen molar-refractivity contribution in [2.45, 2.75) is 43.8 Å². The first-order valence-corrected chi connectivity index (χ1v) is 4.25. The lowest BCUT2D eigenvalue weighted by Crippen LogP contribution is -2.45. The molecular formula is C8H18Cl2N2. The normalized spacial score (nSPS) is 40.0. The molecule has 0 aromatic heterocycles. The topological polar surface area (TPSA) is 29.3 Å². The molecule has 12 heavy (non-hydrogen) atoms. The molecule has 2 rings (SSSR count). The maximum atomic E-state index is 5.89. The van der Waals surface area contributed by atoms with Crippen molar-refractivity contribution >= 4 is 24.8 Å². The van der Waals surface area contributed by atoms with Crippen molar-refractivity contribution in [1.29, 1.82) is 0 Å². The molecule has 2 unspecified atom stereocenters. The monoisotopic (exact) mass is 212 g/mol. The molecule has 2 aliphatic rings. The van der Waals surface area contributed by atoms with Crippen LogP contribution >= 0.6 is 24.8 Å².